The zero-order chi connectivity index (χ0) is 10.0. The molecule has 1 saturated heterocycles. The molecule has 2 rings (SSSR count). The van der Waals surface area contributed by atoms with Crippen LogP contribution in [-0.2, 0) is 4.74 Å². The quantitative estimate of drug-likeness (QED) is 0.651. The van der Waals surface area contributed by atoms with Gasteiger partial charge in [0.2, 0.25) is 0 Å². The van der Waals surface area contributed by atoms with E-state index in [-0.39, 0.29) is 0 Å². The first-order valence-corrected chi connectivity index (χ1v) is 6.46. The molecular formula is C12H21ClO. The number of ether oxygens (including phenoxy) is 1. The fourth-order valence-corrected chi connectivity index (χ4v) is 3.03. The lowest BCUT2D eigenvalue weighted by molar-refractivity contribution is -0.0393. The highest BCUT2D eigenvalue weighted by molar-refractivity contribution is 6.20. The Hall–Kier alpha value is 0.250. The van der Waals surface area contributed by atoms with E-state index in [0.29, 0.717) is 17.1 Å². The zero-order valence-electron chi connectivity index (χ0n) is 9.10. The van der Waals surface area contributed by atoms with Crippen molar-refractivity contribution in [3.05, 3.63) is 0 Å². The SMILES string of the molecule is CC(Cl)CCC1CCC2(CCCC2)O1. The topological polar surface area (TPSA) is 9.23 Å². The Morgan fingerprint density at radius 1 is 1.36 bits per heavy atom. The van der Waals surface area contributed by atoms with Gasteiger partial charge in [-0.2, -0.15) is 0 Å². The molecule has 2 atom stereocenters. The maximum atomic E-state index is 6.20. The predicted molar refractivity (Wildman–Crippen MR) is 59.9 cm³/mol. The van der Waals surface area contributed by atoms with E-state index >= 15 is 0 Å². The number of hydrogen-bond donors (Lipinski definition) is 0. The average Bonchev–Trinajstić information content (AvgIpc) is 2.74. The van der Waals surface area contributed by atoms with E-state index in [1.807, 2.05) is 0 Å². The monoisotopic (exact) mass is 216 g/mol. The van der Waals surface area contributed by atoms with Gasteiger partial charge < -0.3 is 4.74 Å². The lowest BCUT2D eigenvalue weighted by Crippen LogP contribution is -2.24. The Kier molecular flexibility index (Phi) is 3.38. The smallest absolute Gasteiger partial charge is 0.0687 e. The third-order valence-electron chi connectivity index (χ3n) is 3.74. The first-order valence-electron chi connectivity index (χ1n) is 6.02. The lowest BCUT2D eigenvalue weighted by atomic mass is 9.98. The van der Waals surface area contributed by atoms with Crippen LogP contribution >= 0.6 is 11.6 Å². The summed E-state index contributed by atoms with van der Waals surface area (Å²) in [6, 6.07) is 0. The largest absolute Gasteiger partial charge is 0.372 e. The Morgan fingerprint density at radius 2 is 2.07 bits per heavy atom. The summed E-state index contributed by atoms with van der Waals surface area (Å²) in [7, 11) is 0. The van der Waals surface area contributed by atoms with Gasteiger partial charge >= 0.3 is 0 Å². The summed E-state index contributed by atoms with van der Waals surface area (Å²) in [5, 5.41) is 0.304. The minimum Gasteiger partial charge on any atom is -0.372 e. The molecule has 1 nitrogen and oxygen atoms in total. The molecule has 1 spiro atoms. The van der Waals surface area contributed by atoms with Crippen molar-refractivity contribution in [2.75, 3.05) is 0 Å². The van der Waals surface area contributed by atoms with Crippen LogP contribution in [0.2, 0.25) is 0 Å². The number of alkyl halides is 1. The fraction of sp³-hybridized carbons (Fsp3) is 1.00. The molecular weight excluding hydrogens is 196 g/mol. The molecule has 0 radical (unpaired) electrons. The van der Waals surface area contributed by atoms with Gasteiger partial charge in [0.1, 0.15) is 0 Å². The second-order valence-corrected chi connectivity index (χ2v) is 5.77. The summed E-state index contributed by atoms with van der Waals surface area (Å²) in [5.74, 6) is 0. The van der Waals surface area contributed by atoms with Crippen LogP contribution in [0.4, 0.5) is 0 Å². The normalized spacial score (nSPS) is 32.6. The summed E-state index contributed by atoms with van der Waals surface area (Å²) < 4.78 is 6.20. The summed E-state index contributed by atoms with van der Waals surface area (Å²) in [6.45, 7) is 2.07. The van der Waals surface area contributed by atoms with Gasteiger partial charge in [-0.05, 0) is 45.4 Å². The lowest BCUT2D eigenvalue weighted by Gasteiger charge is -2.23. The van der Waals surface area contributed by atoms with Crippen molar-refractivity contribution in [2.45, 2.75) is 75.4 Å². The number of halogens is 1. The third kappa shape index (κ3) is 2.43. The molecule has 0 bridgehead atoms. The maximum Gasteiger partial charge on any atom is 0.0687 e. The highest BCUT2D eigenvalue weighted by Crippen LogP contribution is 2.44. The van der Waals surface area contributed by atoms with Crippen LogP contribution in [0.15, 0.2) is 0 Å². The molecule has 0 aromatic rings. The van der Waals surface area contributed by atoms with Gasteiger partial charge in [0.05, 0.1) is 11.7 Å². The Morgan fingerprint density at radius 3 is 2.71 bits per heavy atom. The minimum absolute atomic E-state index is 0.304. The van der Waals surface area contributed by atoms with Crippen molar-refractivity contribution < 1.29 is 4.74 Å². The zero-order valence-corrected chi connectivity index (χ0v) is 9.85. The highest BCUT2D eigenvalue weighted by atomic mass is 35.5. The molecule has 2 fully saturated rings. The minimum atomic E-state index is 0.304. The predicted octanol–water partition coefficient (Wildman–Crippen LogP) is 3.89. The van der Waals surface area contributed by atoms with E-state index in [1.165, 1.54) is 38.5 Å². The van der Waals surface area contributed by atoms with Gasteiger partial charge in [0.25, 0.3) is 0 Å². The first kappa shape index (κ1) is 10.8. The summed E-state index contributed by atoms with van der Waals surface area (Å²) in [5.41, 5.74) is 0.306. The molecule has 14 heavy (non-hydrogen) atoms. The van der Waals surface area contributed by atoms with Crippen LogP contribution in [0.25, 0.3) is 0 Å². The molecule has 0 N–H and O–H groups in total. The molecule has 1 aliphatic heterocycles. The van der Waals surface area contributed by atoms with Crippen molar-refractivity contribution in [3.63, 3.8) is 0 Å². The van der Waals surface area contributed by atoms with Crippen molar-refractivity contribution in [1.82, 2.24) is 0 Å². The van der Waals surface area contributed by atoms with E-state index in [1.54, 1.807) is 0 Å². The molecule has 2 unspecified atom stereocenters. The molecule has 0 aromatic carbocycles. The van der Waals surface area contributed by atoms with Crippen molar-refractivity contribution >= 4 is 11.6 Å². The van der Waals surface area contributed by atoms with E-state index in [4.69, 9.17) is 16.3 Å². The second-order valence-electron chi connectivity index (χ2n) is 5.03. The van der Waals surface area contributed by atoms with Gasteiger partial charge in [-0.25, -0.2) is 0 Å². The average molecular weight is 217 g/mol. The molecule has 1 heterocycles. The molecule has 2 aliphatic rings. The molecule has 1 saturated carbocycles. The van der Waals surface area contributed by atoms with E-state index < -0.39 is 0 Å². The second kappa shape index (κ2) is 4.40. The molecule has 82 valence electrons. The van der Waals surface area contributed by atoms with Gasteiger partial charge in [0.15, 0.2) is 0 Å². The number of hydrogen-bond acceptors (Lipinski definition) is 1. The van der Waals surface area contributed by atoms with Gasteiger partial charge in [-0.3, -0.25) is 0 Å². The van der Waals surface area contributed by atoms with Crippen LogP contribution in [-0.4, -0.2) is 17.1 Å². The Bertz CT molecular complexity index is 185. The standard InChI is InChI=1S/C12H21ClO/c1-10(13)4-5-11-6-9-12(14-11)7-2-3-8-12/h10-11H,2-9H2,1H3. The first-order chi connectivity index (χ1) is 6.70. The molecule has 0 amide bonds. The summed E-state index contributed by atoms with van der Waals surface area (Å²) >= 11 is 5.95. The molecule has 2 heteroatoms. The number of rotatable bonds is 3. The Balaban J connectivity index is 1.76. The van der Waals surface area contributed by atoms with Crippen LogP contribution in [0, 0.1) is 0 Å². The summed E-state index contributed by atoms with van der Waals surface area (Å²) in [6.07, 6.45) is 10.7. The van der Waals surface area contributed by atoms with Gasteiger partial charge in [-0.15, -0.1) is 11.6 Å². The Labute approximate surface area is 92.2 Å². The van der Waals surface area contributed by atoms with Gasteiger partial charge in [0, 0.05) is 5.38 Å². The summed E-state index contributed by atoms with van der Waals surface area (Å²) in [4.78, 5) is 0. The van der Waals surface area contributed by atoms with Crippen molar-refractivity contribution in [3.8, 4) is 0 Å². The molecule has 1 aliphatic carbocycles. The van der Waals surface area contributed by atoms with E-state index in [0.717, 1.165) is 12.8 Å². The van der Waals surface area contributed by atoms with Gasteiger partial charge in [-0.1, -0.05) is 12.8 Å². The maximum absolute atomic E-state index is 6.20. The van der Waals surface area contributed by atoms with E-state index in [2.05, 4.69) is 6.92 Å². The highest BCUT2D eigenvalue weighted by Gasteiger charge is 2.41. The fourth-order valence-electron chi connectivity index (χ4n) is 2.90. The van der Waals surface area contributed by atoms with E-state index in [9.17, 15) is 0 Å². The molecule has 0 aromatic heterocycles. The van der Waals surface area contributed by atoms with Crippen LogP contribution in [0.3, 0.4) is 0 Å². The van der Waals surface area contributed by atoms with Crippen LogP contribution in [0.1, 0.15) is 58.3 Å². The van der Waals surface area contributed by atoms with Crippen LogP contribution in [0.5, 0.6) is 0 Å². The van der Waals surface area contributed by atoms with Crippen molar-refractivity contribution in [2.24, 2.45) is 0 Å². The van der Waals surface area contributed by atoms with Crippen LogP contribution < -0.4 is 0 Å². The van der Waals surface area contributed by atoms with Crippen molar-refractivity contribution in [1.29, 1.82) is 0 Å². The third-order valence-corrected chi connectivity index (χ3v) is 3.96.